The summed E-state index contributed by atoms with van der Waals surface area (Å²) in [7, 11) is -1.42. The third-order valence-corrected chi connectivity index (χ3v) is 4.61. The lowest BCUT2D eigenvalue weighted by atomic mass is 10.1. The van der Waals surface area contributed by atoms with Gasteiger partial charge in [0.15, 0.2) is 8.32 Å². The van der Waals surface area contributed by atoms with Gasteiger partial charge in [0.25, 0.3) is 0 Å². The fourth-order valence-corrected chi connectivity index (χ4v) is 3.43. The molecule has 74 valence electrons. The highest BCUT2D eigenvalue weighted by atomic mass is 28.4. The van der Waals surface area contributed by atoms with Crippen LogP contribution in [-0.4, -0.2) is 8.32 Å². The van der Waals surface area contributed by atoms with Crippen LogP contribution in [-0.2, 0) is 4.43 Å². The van der Waals surface area contributed by atoms with E-state index in [2.05, 4.69) is 49.5 Å². The Hall–Kier alpha value is -0.863. The first kappa shape index (κ1) is 9.68. The van der Waals surface area contributed by atoms with E-state index in [1.54, 1.807) is 0 Å². The van der Waals surface area contributed by atoms with Crippen LogP contribution in [0.5, 0.6) is 0 Å². The highest BCUT2D eigenvalue weighted by Crippen LogP contribution is 2.29. The van der Waals surface area contributed by atoms with Crippen molar-refractivity contribution in [2.45, 2.75) is 25.2 Å². The van der Waals surface area contributed by atoms with Crippen LogP contribution in [0, 0.1) is 0 Å². The molecule has 0 saturated heterocycles. The SMILES string of the molecule is C[Si]1(C)CC=CC(c2ccccc2)O1. The van der Waals surface area contributed by atoms with E-state index in [4.69, 9.17) is 4.43 Å². The summed E-state index contributed by atoms with van der Waals surface area (Å²) < 4.78 is 6.11. The zero-order valence-corrected chi connectivity index (χ0v) is 9.73. The Bertz CT molecular complexity index is 329. The van der Waals surface area contributed by atoms with Crippen molar-refractivity contribution in [2.24, 2.45) is 0 Å². The number of hydrogen-bond donors (Lipinski definition) is 0. The van der Waals surface area contributed by atoms with Crippen LogP contribution in [0.15, 0.2) is 42.5 Å². The van der Waals surface area contributed by atoms with Crippen molar-refractivity contribution in [1.82, 2.24) is 0 Å². The van der Waals surface area contributed by atoms with Crippen LogP contribution < -0.4 is 0 Å². The molecule has 0 amide bonds. The predicted octanol–water partition coefficient (Wildman–Crippen LogP) is 3.52. The van der Waals surface area contributed by atoms with Gasteiger partial charge in [0.1, 0.15) is 0 Å². The van der Waals surface area contributed by atoms with Crippen molar-refractivity contribution in [3.05, 3.63) is 48.0 Å². The van der Waals surface area contributed by atoms with E-state index < -0.39 is 8.32 Å². The summed E-state index contributed by atoms with van der Waals surface area (Å²) in [5.74, 6) is 0. The standard InChI is InChI=1S/C12H16OSi/c1-14(2)10-6-9-12(13-14)11-7-4-3-5-8-11/h3-9,12H,10H2,1-2H3. The van der Waals surface area contributed by atoms with E-state index in [9.17, 15) is 0 Å². The average Bonchev–Trinajstić information content (AvgIpc) is 2.18. The second-order valence-electron chi connectivity index (χ2n) is 4.34. The normalized spacial score (nSPS) is 24.9. The average molecular weight is 204 g/mol. The Morgan fingerprint density at radius 1 is 1.21 bits per heavy atom. The van der Waals surface area contributed by atoms with Crippen LogP contribution in [0.25, 0.3) is 0 Å². The molecule has 1 aromatic carbocycles. The van der Waals surface area contributed by atoms with E-state index in [1.165, 1.54) is 5.56 Å². The summed E-state index contributed by atoms with van der Waals surface area (Å²) in [5.41, 5.74) is 1.27. The summed E-state index contributed by atoms with van der Waals surface area (Å²) in [6.45, 7) is 4.54. The van der Waals surface area contributed by atoms with Crippen molar-refractivity contribution in [1.29, 1.82) is 0 Å². The molecule has 14 heavy (non-hydrogen) atoms. The molecule has 0 saturated carbocycles. The zero-order chi connectivity index (χ0) is 10.0. The first-order chi connectivity index (χ1) is 6.67. The second kappa shape index (κ2) is 3.71. The van der Waals surface area contributed by atoms with Gasteiger partial charge in [-0.1, -0.05) is 42.5 Å². The van der Waals surface area contributed by atoms with Crippen LogP contribution in [0.3, 0.4) is 0 Å². The Kier molecular flexibility index (Phi) is 2.57. The topological polar surface area (TPSA) is 9.23 Å². The van der Waals surface area contributed by atoms with E-state index in [1.807, 2.05) is 6.07 Å². The molecule has 0 bridgehead atoms. The van der Waals surface area contributed by atoms with Gasteiger partial charge in [0.05, 0.1) is 6.10 Å². The van der Waals surface area contributed by atoms with Gasteiger partial charge in [-0.05, 0) is 24.7 Å². The minimum absolute atomic E-state index is 0.187. The minimum Gasteiger partial charge on any atom is -0.407 e. The smallest absolute Gasteiger partial charge is 0.191 e. The molecule has 0 radical (unpaired) electrons. The Morgan fingerprint density at radius 2 is 1.93 bits per heavy atom. The molecule has 1 heterocycles. The molecule has 1 atom stereocenters. The molecule has 1 unspecified atom stereocenters. The number of rotatable bonds is 1. The predicted molar refractivity (Wildman–Crippen MR) is 61.7 cm³/mol. The summed E-state index contributed by atoms with van der Waals surface area (Å²) in [4.78, 5) is 0. The molecule has 0 fully saturated rings. The number of hydrogen-bond acceptors (Lipinski definition) is 1. The van der Waals surface area contributed by atoms with Gasteiger partial charge in [0.2, 0.25) is 0 Å². The molecule has 2 heteroatoms. The summed E-state index contributed by atoms with van der Waals surface area (Å²) in [5, 5.41) is 0. The molecule has 1 aromatic rings. The van der Waals surface area contributed by atoms with Crippen molar-refractivity contribution >= 4 is 8.32 Å². The third-order valence-electron chi connectivity index (χ3n) is 2.49. The van der Waals surface area contributed by atoms with Gasteiger partial charge in [-0.15, -0.1) is 0 Å². The Morgan fingerprint density at radius 3 is 2.57 bits per heavy atom. The summed E-state index contributed by atoms with van der Waals surface area (Å²) >= 11 is 0. The van der Waals surface area contributed by atoms with E-state index in [-0.39, 0.29) is 6.10 Å². The maximum absolute atomic E-state index is 6.11. The second-order valence-corrected chi connectivity index (χ2v) is 8.50. The molecule has 0 N–H and O–H groups in total. The first-order valence-corrected chi connectivity index (χ1v) is 8.18. The van der Waals surface area contributed by atoms with Crippen molar-refractivity contribution in [2.75, 3.05) is 0 Å². The molecule has 0 aromatic heterocycles. The maximum atomic E-state index is 6.11. The van der Waals surface area contributed by atoms with Gasteiger partial charge < -0.3 is 4.43 Å². The lowest BCUT2D eigenvalue weighted by Gasteiger charge is -2.30. The number of benzene rings is 1. The van der Waals surface area contributed by atoms with Crippen molar-refractivity contribution in [3.63, 3.8) is 0 Å². The largest absolute Gasteiger partial charge is 0.407 e. The lowest BCUT2D eigenvalue weighted by molar-refractivity contribution is 0.239. The molecule has 1 aliphatic rings. The van der Waals surface area contributed by atoms with Gasteiger partial charge in [-0.3, -0.25) is 0 Å². The summed E-state index contributed by atoms with van der Waals surface area (Å²) in [6.07, 6.45) is 4.63. The van der Waals surface area contributed by atoms with E-state index >= 15 is 0 Å². The minimum atomic E-state index is -1.42. The van der Waals surface area contributed by atoms with Crippen LogP contribution >= 0.6 is 0 Å². The Labute approximate surface area is 86.5 Å². The van der Waals surface area contributed by atoms with Gasteiger partial charge in [0, 0.05) is 0 Å². The van der Waals surface area contributed by atoms with E-state index in [0.29, 0.717) is 0 Å². The van der Waals surface area contributed by atoms with Crippen LogP contribution in [0.1, 0.15) is 11.7 Å². The van der Waals surface area contributed by atoms with Crippen LogP contribution in [0.4, 0.5) is 0 Å². The molecular weight excluding hydrogens is 188 g/mol. The molecule has 0 spiro atoms. The molecular formula is C12H16OSi. The molecule has 2 rings (SSSR count). The number of allylic oxidation sites excluding steroid dienone is 1. The fourth-order valence-electron chi connectivity index (χ4n) is 1.73. The highest BCUT2D eigenvalue weighted by molar-refractivity contribution is 6.71. The van der Waals surface area contributed by atoms with Crippen LogP contribution in [0.2, 0.25) is 19.1 Å². The monoisotopic (exact) mass is 204 g/mol. The molecule has 1 aliphatic heterocycles. The molecule has 1 nitrogen and oxygen atoms in total. The van der Waals surface area contributed by atoms with Gasteiger partial charge in [-0.25, -0.2) is 0 Å². The highest BCUT2D eigenvalue weighted by Gasteiger charge is 2.28. The van der Waals surface area contributed by atoms with Crippen molar-refractivity contribution in [3.8, 4) is 0 Å². The molecule has 0 aliphatic carbocycles. The fraction of sp³-hybridized carbons (Fsp3) is 0.333. The van der Waals surface area contributed by atoms with Gasteiger partial charge in [-0.2, -0.15) is 0 Å². The lowest BCUT2D eigenvalue weighted by Crippen LogP contribution is -2.33. The van der Waals surface area contributed by atoms with Crippen molar-refractivity contribution < 1.29 is 4.43 Å². The van der Waals surface area contributed by atoms with Gasteiger partial charge >= 0.3 is 0 Å². The summed E-state index contributed by atoms with van der Waals surface area (Å²) in [6, 6.07) is 11.6. The first-order valence-electron chi connectivity index (χ1n) is 5.07. The third kappa shape index (κ3) is 2.14. The Balaban J connectivity index is 2.21. The maximum Gasteiger partial charge on any atom is 0.191 e. The quantitative estimate of drug-likeness (QED) is 0.502. The zero-order valence-electron chi connectivity index (χ0n) is 8.73. The van der Waals surface area contributed by atoms with E-state index in [0.717, 1.165) is 6.04 Å².